The number of likely N-dealkylation sites (tertiary alicyclic amines) is 1. The molecule has 2 atom stereocenters. The Morgan fingerprint density at radius 1 is 1.38 bits per heavy atom. The van der Waals surface area contributed by atoms with Crippen molar-refractivity contribution in [3.05, 3.63) is 18.0 Å². The number of hydrogen-bond acceptors (Lipinski definition) is 4. The molecule has 146 valence electrons. The first kappa shape index (κ1) is 19.2. The van der Waals surface area contributed by atoms with Crippen LogP contribution >= 0.6 is 0 Å². The first-order valence-electron chi connectivity index (χ1n) is 9.87. The standard InChI is InChI=1S/C19H34N6O/c1-16(13-24-6-8-26-9-7-24)11-21-19(20-2)25-5-4-17(15-25)10-18-12-22-23(3)14-18/h12,14,16-17H,4-11,13,15H2,1-3H3,(H,20,21). The molecule has 2 saturated heterocycles. The predicted molar refractivity (Wildman–Crippen MR) is 104 cm³/mol. The molecule has 0 aliphatic carbocycles. The van der Waals surface area contributed by atoms with Crippen molar-refractivity contribution in [2.24, 2.45) is 23.9 Å². The molecule has 0 radical (unpaired) electrons. The van der Waals surface area contributed by atoms with Crippen molar-refractivity contribution in [2.75, 3.05) is 59.5 Å². The molecule has 2 aliphatic rings. The van der Waals surface area contributed by atoms with Crippen LogP contribution in [-0.2, 0) is 18.2 Å². The molecule has 0 amide bonds. The van der Waals surface area contributed by atoms with Gasteiger partial charge in [0.2, 0.25) is 0 Å². The first-order chi connectivity index (χ1) is 12.6. The van der Waals surface area contributed by atoms with Crippen LogP contribution in [-0.4, -0.2) is 85.1 Å². The summed E-state index contributed by atoms with van der Waals surface area (Å²) in [5, 5.41) is 7.87. The second-order valence-electron chi connectivity index (χ2n) is 7.77. The first-order valence-corrected chi connectivity index (χ1v) is 9.87. The van der Waals surface area contributed by atoms with Crippen molar-refractivity contribution in [2.45, 2.75) is 19.8 Å². The van der Waals surface area contributed by atoms with Crippen LogP contribution in [0.4, 0.5) is 0 Å². The van der Waals surface area contributed by atoms with E-state index in [9.17, 15) is 0 Å². The molecule has 2 fully saturated rings. The van der Waals surface area contributed by atoms with Crippen LogP contribution in [0.5, 0.6) is 0 Å². The van der Waals surface area contributed by atoms with E-state index in [2.05, 4.69) is 38.3 Å². The molecule has 3 rings (SSSR count). The molecule has 0 bridgehead atoms. The van der Waals surface area contributed by atoms with Gasteiger partial charge in [-0.3, -0.25) is 14.6 Å². The van der Waals surface area contributed by atoms with Gasteiger partial charge in [-0.15, -0.1) is 0 Å². The van der Waals surface area contributed by atoms with E-state index in [-0.39, 0.29) is 0 Å². The van der Waals surface area contributed by atoms with Crippen molar-refractivity contribution < 1.29 is 4.74 Å². The topological polar surface area (TPSA) is 57.9 Å². The number of morpholine rings is 1. The van der Waals surface area contributed by atoms with Gasteiger partial charge in [0.15, 0.2) is 5.96 Å². The third kappa shape index (κ3) is 5.45. The Kier molecular flexibility index (Phi) is 6.91. The number of ether oxygens (including phenoxy) is 1. The minimum Gasteiger partial charge on any atom is -0.379 e. The highest BCUT2D eigenvalue weighted by Gasteiger charge is 2.25. The minimum absolute atomic E-state index is 0.596. The summed E-state index contributed by atoms with van der Waals surface area (Å²) in [6, 6.07) is 0. The molecule has 1 aromatic heterocycles. The fourth-order valence-electron chi connectivity index (χ4n) is 3.99. The number of hydrogen-bond donors (Lipinski definition) is 1. The second kappa shape index (κ2) is 9.37. The van der Waals surface area contributed by atoms with Gasteiger partial charge in [-0.05, 0) is 30.2 Å². The average Bonchev–Trinajstić information content (AvgIpc) is 3.26. The van der Waals surface area contributed by atoms with Gasteiger partial charge in [-0.25, -0.2) is 0 Å². The highest BCUT2D eigenvalue weighted by atomic mass is 16.5. The van der Waals surface area contributed by atoms with Crippen LogP contribution in [0.1, 0.15) is 18.9 Å². The van der Waals surface area contributed by atoms with Crippen molar-refractivity contribution in [3.63, 3.8) is 0 Å². The number of aliphatic imine (C=N–C) groups is 1. The molecule has 7 nitrogen and oxygen atoms in total. The SMILES string of the molecule is CN=C(NCC(C)CN1CCOCC1)N1CCC(Cc2cnn(C)c2)C1. The van der Waals surface area contributed by atoms with Crippen molar-refractivity contribution in [1.82, 2.24) is 24.9 Å². The van der Waals surface area contributed by atoms with Gasteiger partial charge in [0.05, 0.1) is 19.4 Å². The molecule has 1 aromatic rings. The van der Waals surface area contributed by atoms with E-state index in [1.54, 1.807) is 0 Å². The minimum atomic E-state index is 0.596. The molecular weight excluding hydrogens is 328 g/mol. The molecule has 1 N–H and O–H groups in total. The third-order valence-electron chi connectivity index (χ3n) is 5.36. The van der Waals surface area contributed by atoms with E-state index < -0.39 is 0 Å². The maximum absolute atomic E-state index is 5.43. The zero-order valence-corrected chi connectivity index (χ0v) is 16.5. The van der Waals surface area contributed by atoms with Gasteiger partial charge in [0.1, 0.15) is 0 Å². The fourth-order valence-corrected chi connectivity index (χ4v) is 3.99. The Morgan fingerprint density at radius 2 is 2.19 bits per heavy atom. The largest absolute Gasteiger partial charge is 0.379 e. The monoisotopic (exact) mass is 362 g/mol. The van der Waals surface area contributed by atoms with E-state index in [4.69, 9.17) is 4.74 Å². The van der Waals surface area contributed by atoms with Crippen LogP contribution in [0.3, 0.4) is 0 Å². The number of nitrogens with zero attached hydrogens (tertiary/aromatic N) is 5. The average molecular weight is 363 g/mol. The smallest absolute Gasteiger partial charge is 0.193 e. The van der Waals surface area contributed by atoms with Crippen LogP contribution in [0.25, 0.3) is 0 Å². The van der Waals surface area contributed by atoms with Crippen LogP contribution in [0.2, 0.25) is 0 Å². The summed E-state index contributed by atoms with van der Waals surface area (Å²) in [7, 11) is 3.87. The number of guanidine groups is 1. The van der Waals surface area contributed by atoms with E-state index in [1.165, 1.54) is 12.0 Å². The van der Waals surface area contributed by atoms with E-state index in [1.807, 2.05) is 25.0 Å². The lowest BCUT2D eigenvalue weighted by Crippen LogP contribution is -2.45. The normalized spacial score (nSPS) is 23.4. The van der Waals surface area contributed by atoms with Gasteiger partial charge in [-0.1, -0.05) is 6.92 Å². The van der Waals surface area contributed by atoms with Gasteiger partial charge >= 0.3 is 0 Å². The lowest BCUT2D eigenvalue weighted by Gasteiger charge is -2.30. The molecule has 2 unspecified atom stereocenters. The highest BCUT2D eigenvalue weighted by molar-refractivity contribution is 5.80. The zero-order chi connectivity index (χ0) is 18.4. The number of nitrogens with one attached hydrogen (secondary N) is 1. The Balaban J connectivity index is 1.41. The summed E-state index contributed by atoms with van der Waals surface area (Å²) in [5.74, 6) is 2.33. The molecule has 7 heteroatoms. The molecule has 26 heavy (non-hydrogen) atoms. The lowest BCUT2D eigenvalue weighted by molar-refractivity contribution is 0.0320. The summed E-state index contributed by atoms with van der Waals surface area (Å²) >= 11 is 0. The Hall–Kier alpha value is -1.60. The summed E-state index contributed by atoms with van der Waals surface area (Å²) in [4.78, 5) is 9.42. The molecule has 0 aromatic carbocycles. The van der Waals surface area contributed by atoms with E-state index in [0.29, 0.717) is 11.8 Å². The predicted octanol–water partition coefficient (Wildman–Crippen LogP) is 0.828. The molecule has 0 spiro atoms. The van der Waals surface area contributed by atoms with E-state index >= 15 is 0 Å². The van der Waals surface area contributed by atoms with Gasteiger partial charge < -0.3 is 15.0 Å². The summed E-state index contributed by atoms with van der Waals surface area (Å²) in [6.07, 6.45) is 6.44. The molecule has 3 heterocycles. The van der Waals surface area contributed by atoms with Crippen LogP contribution < -0.4 is 5.32 Å². The lowest BCUT2D eigenvalue weighted by atomic mass is 10.0. The summed E-state index contributed by atoms with van der Waals surface area (Å²) in [5.41, 5.74) is 1.33. The number of aromatic nitrogens is 2. The summed E-state index contributed by atoms with van der Waals surface area (Å²) < 4.78 is 7.32. The number of aryl methyl sites for hydroxylation is 1. The maximum Gasteiger partial charge on any atom is 0.193 e. The summed E-state index contributed by atoms with van der Waals surface area (Å²) in [6.45, 7) is 10.4. The van der Waals surface area contributed by atoms with Gasteiger partial charge in [0.25, 0.3) is 0 Å². The Morgan fingerprint density at radius 3 is 2.88 bits per heavy atom. The number of rotatable bonds is 6. The Bertz CT molecular complexity index is 580. The molecule has 2 aliphatic heterocycles. The van der Waals surface area contributed by atoms with Crippen molar-refractivity contribution >= 4 is 5.96 Å². The fraction of sp³-hybridized carbons (Fsp3) is 0.789. The quantitative estimate of drug-likeness (QED) is 0.600. The molecular formula is C19H34N6O. The molecule has 0 saturated carbocycles. The van der Waals surface area contributed by atoms with E-state index in [0.717, 1.165) is 64.9 Å². The Labute approximate surface area is 157 Å². The van der Waals surface area contributed by atoms with Crippen molar-refractivity contribution in [1.29, 1.82) is 0 Å². The third-order valence-corrected chi connectivity index (χ3v) is 5.36. The van der Waals surface area contributed by atoms with Gasteiger partial charge in [0, 0.05) is 59.6 Å². The van der Waals surface area contributed by atoms with Crippen LogP contribution in [0, 0.1) is 11.8 Å². The maximum atomic E-state index is 5.43. The van der Waals surface area contributed by atoms with Crippen molar-refractivity contribution in [3.8, 4) is 0 Å². The zero-order valence-electron chi connectivity index (χ0n) is 16.5. The highest BCUT2D eigenvalue weighted by Crippen LogP contribution is 2.20. The second-order valence-corrected chi connectivity index (χ2v) is 7.77. The van der Waals surface area contributed by atoms with Crippen LogP contribution in [0.15, 0.2) is 17.4 Å². The van der Waals surface area contributed by atoms with Gasteiger partial charge in [-0.2, -0.15) is 5.10 Å².